The largest absolute Gasteiger partial charge is 0.372 e. The average Bonchev–Trinajstić information content (AvgIpc) is 2.77. The van der Waals surface area contributed by atoms with Gasteiger partial charge in [-0.05, 0) is 42.0 Å². The molecule has 0 unspecified atom stereocenters. The average molecular weight is 396 g/mol. The molecule has 1 aliphatic carbocycles. The van der Waals surface area contributed by atoms with Crippen molar-refractivity contribution < 1.29 is 0 Å². The minimum absolute atomic E-state index is 0.733. The maximum absolute atomic E-state index is 4.59. The molecule has 0 spiro atoms. The Morgan fingerprint density at radius 2 is 1.53 bits per heavy atom. The van der Waals surface area contributed by atoms with Gasteiger partial charge in [-0.3, -0.25) is 4.98 Å². The van der Waals surface area contributed by atoms with E-state index >= 15 is 0 Å². The molecule has 1 aliphatic heterocycles. The van der Waals surface area contributed by atoms with Crippen LogP contribution in [0.1, 0.15) is 24.8 Å². The molecule has 2 heterocycles. The number of pyridine rings is 1. The molecule has 0 radical (unpaired) electrons. The fourth-order valence-corrected chi connectivity index (χ4v) is 4.53. The SMILES string of the molecule is C=C(c1ccc(-c2cnc3ccccc3c2)cc1)N1CCN(C(=C)C2CCC2)CC1. The van der Waals surface area contributed by atoms with E-state index < -0.39 is 0 Å². The topological polar surface area (TPSA) is 19.4 Å². The van der Waals surface area contributed by atoms with Gasteiger partial charge in [-0.2, -0.15) is 0 Å². The summed E-state index contributed by atoms with van der Waals surface area (Å²) in [5.74, 6) is 0.733. The molecule has 3 nitrogen and oxygen atoms in total. The van der Waals surface area contributed by atoms with E-state index in [1.165, 1.54) is 41.5 Å². The van der Waals surface area contributed by atoms with Gasteiger partial charge in [0.15, 0.2) is 0 Å². The van der Waals surface area contributed by atoms with Gasteiger partial charge in [0.2, 0.25) is 0 Å². The van der Waals surface area contributed by atoms with Crippen LogP contribution in [0.2, 0.25) is 0 Å². The third kappa shape index (κ3) is 3.60. The number of rotatable bonds is 5. The highest BCUT2D eigenvalue weighted by atomic mass is 15.3. The summed E-state index contributed by atoms with van der Waals surface area (Å²) in [6.07, 6.45) is 5.97. The molecule has 2 fully saturated rings. The fraction of sp³-hybridized carbons (Fsp3) is 0.296. The molecule has 0 atom stereocenters. The number of hydrogen-bond donors (Lipinski definition) is 0. The van der Waals surface area contributed by atoms with Crippen LogP contribution >= 0.6 is 0 Å². The summed E-state index contributed by atoms with van der Waals surface area (Å²) >= 11 is 0. The van der Waals surface area contributed by atoms with Gasteiger partial charge in [0.25, 0.3) is 0 Å². The predicted molar refractivity (Wildman–Crippen MR) is 126 cm³/mol. The Bertz CT molecular complexity index is 1070. The second-order valence-corrected chi connectivity index (χ2v) is 8.53. The summed E-state index contributed by atoms with van der Waals surface area (Å²) < 4.78 is 0. The van der Waals surface area contributed by atoms with Crippen molar-refractivity contribution >= 4 is 16.6 Å². The smallest absolute Gasteiger partial charge is 0.0702 e. The summed E-state index contributed by atoms with van der Waals surface area (Å²) in [4.78, 5) is 9.50. The van der Waals surface area contributed by atoms with E-state index in [-0.39, 0.29) is 0 Å². The minimum atomic E-state index is 0.733. The maximum Gasteiger partial charge on any atom is 0.0702 e. The van der Waals surface area contributed by atoms with E-state index in [9.17, 15) is 0 Å². The van der Waals surface area contributed by atoms with Crippen LogP contribution in [0.4, 0.5) is 0 Å². The van der Waals surface area contributed by atoms with E-state index in [0.29, 0.717) is 0 Å². The van der Waals surface area contributed by atoms with E-state index in [1.54, 1.807) is 0 Å². The zero-order valence-electron chi connectivity index (χ0n) is 17.6. The van der Waals surface area contributed by atoms with Crippen LogP contribution in [0.3, 0.4) is 0 Å². The Morgan fingerprint density at radius 3 is 2.23 bits per heavy atom. The van der Waals surface area contributed by atoms with Crippen LogP contribution < -0.4 is 0 Å². The Labute approximate surface area is 179 Å². The molecule has 2 aliphatic rings. The summed E-state index contributed by atoms with van der Waals surface area (Å²) in [6, 6.07) is 19.2. The Morgan fingerprint density at radius 1 is 0.833 bits per heavy atom. The first-order chi connectivity index (χ1) is 14.7. The first-order valence-corrected chi connectivity index (χ1v) is 11.0. The molecular weight excluding hydrogens is 366 g/mol. The first-order valence-electron chi connectivity index (χ1n) is 11.0. The van der Waals surface area contributed by atoms with Crippen molar-refractivity contribution in [3.63, 3.8) is 0 Å². The Kier molecular flexibility index (Phi) is 5.04. The van der Waals surface area contributed by atoms with E-state index in [4.69, 9.17) is 0 Å². The number of hydrogen-bond acceptors (Lipinski definition) is 3. The molecule has 1 saturated carbocycles. The lowest BCUT2D eigenvalue weighted by molar-refractivity contribution is 0.177. The van der Waals surface area contributed by atoms with Crippen molar-refractivity contribution in [2.24, 2.45) is 5.92 Å². The van der Waals surface area contributed by atoms with E-state index in [1.807, 2.05) is 18.3 Å². The van der Waals surface area contributed by atoms with Crippen LogP contribution in [0.5, 0.6) is 0 Å². The van der Waals surface area contributed by atoms with Gasteiger partial charge in [0, 0.05) is 54.7 Å². The molecule has 2 aromatic carbocycles. The van der Waals surface area contributed by atoms with Gasteiger partial charge in [-0.15, -0.1) is 0 Å². The third-order valence-corrected chi connectivity index (χ3v) is 6.79. The molecule has 30 heavy (non-hydrogen) atoms. The van der Waals surface area contributed by atoms with Gasteiger partial charge in [0.05, 0.1) is 5.52 Å². The summed E-state index contributed by atoms with van der Waals surface area (Å²) in [5, 5.41) is 1.17. The molecule has 0 N–H and O–H groups in total. The van der Waals surface area contributed by atoms with Crippen molar-refractivity contribution in [3.8, 4) is 11.1 Å². The number of fused-ring (bicyclic) bond motifs is 1. The zero-order chi connectivity index (χ0) is 20.5. The normalized spacial score (nSPS) is 17.1. The molecule has 1 aromatic heterocycles. The third-order valence-electron chi connectivity index (χ3n) is 6.79. The number of aromatic nitrogens is 1. The molecule has 3 heteroatoms. The lowest BCUT2D eigenvalue weighted by atomic mass is 9.82. The van der Waals surface area contributed by atoms with Gasteiger partial charge in [0.1, 0.15) is 0 Å². The van der Waals surface area contributed by atoms with Crippen LogP contribution in [-0.2, 0) is 0 Å². The number of piperazine rings is 1. The quantitative estimate of drug-likeness (QED) is 0.544. The highest BCUT2D eigenvalue weighted by Crippen LogP contribution is 2.34. The molecule has 0 amide bonds. The summed E-state index contributed by atoms with van der Waals surface area (Å²) in [7, 11) is 0. The molecule has 3 aromatic rings. The van der Waals surface area contributed by atoms with Gasteiger partial charge in [-0.1, -0.05) is 62.0 Å². The van der Waals surface area contributed by atoms with Gasteiger partial charge in [-0.25, -0.2) is 0 Å². The monoisotopic (exact) mass is 395 g/mol. The number of para-hydroxylation sites is 1. The van der Waals surface area contributed by atoms with Crippen LogP contribution in [0, 0.1) is 5.92 Å². The highest BCUT2D eigenvalue weighted by molar-refractivity contribution is 5.83. The van der Waals surface area contributed by atoms with Crippen molar-refractivity contribution in [2.45, 2.75) is 19.3 Å². The Balaban J connectivity index is 1.25. The molecule has 5 rings (SSSR count). The lowest BCUT2D eigenvalue weighted by Crippen LogP contribution is -2.46. The zero-order valence-corrected chi connectivity index (χ0v) is 17.6. The minimum Gasteiger partial charge on any atom is -0.372 e. The maximum atomic E-state index is 4.59. The Hall–Kier alpha value is -3.07. The predicted octanol–water partition coefficient (Wildman–Crippen LogP) is 5.80. The second kappa shape index (κ2) is 7.98. The summed E-state index contributed by atoms with van der Waals surface area (Å²) in [6.45, 7) is 12.9. The lowest BCUT2D eigenvalue weighted by Gasteiger charge is -2.42. The standard InChI is InChI=1S/C27H29N3/c1-20(22-7-5-8-22)29-14-16-30(17-15-29)21(2)23-10-12-24(13-11-23)26-18-25-6-3-4-9-27(25)28-19-26/h3-4,6,9-13,18-19,22H,1-2,5,7-8,14-17H2. The summed E-state index contributed by atoms with van der Waals surface area (Å²) in [5.41, 5.74) is 7.04. The number of nitrogens with zero attached hydrogens (tertiary/aromatic N) is 3. The number of allylic oxidation sites excluding steroid dienone is 1. The van der Waals surface area contributed by atoms with Crippen molar-refractivity contribution in [1.82, 2.24) is 14.8 Å². The van der Waals surface area contributed by atoms with Gasteiger partial charge < -0.3 is 9.80 Å². The first kappa shape index (κ1) is 18.9. The van der Waals surface area contributed by atoms with Crippen molar-refractivity contribution in [3.05, 3.63) is 85.2 Å². The molecule has 1 saturated heterocycles. The van der Waals surface area contributed by atoms with Crippen molar-refractivity contribution in [2.75, 3.05) is 26.2 Å². The molecule has 152 valence electrons. The van der Waals surface area contributed by atoms with Gasteiger partial charge >= 0.3 is 0 Å². The second-order valence-electron chi connectivity index (χ2n) is 8.53. The molecular formula is C27H29N3. The van der Waals surface area contributed by atoms with Crippen LogP contribution in [0.25, 0.3) is 27.7 Å². The molecule has 0 bridgehead atoms. The highest BCUT2D eigenvalue weighted by Gasteiger charge is 2.27. The fourth-order valence-electron chi connectivity index (χ4n) is 4.53. The van der Waals surface area contributed by atoms with Crippen LogP contribution in [-0.4, -0.2) is 41.0 Å². The van der Waals surface area contributed by atoms with E-state index in [2.05, 4.69) is 70.4 Å². The van der Waals surface area contributed by atoms with Crippen LogP contribution in [0.15, 0.2) is 79.6 Å². The van der Waals surface area contributed by atoms with E-state index in [0.717, 1.165) is 48.9 Å². The number of benzene rings is 2. The van der Waals surface area contributed by atoms with Crippen molar-refractivity contribution in [1.29, 1.82) is 0 Å².